The summed E-state index contributed by atoms with van der Waals surface area (Å²) in [5.74, 6) is -0.290. The van der Waals surface area contributed by atoms with Crippen molar-refractivity contribution in [2.75, 3.05) is 33.5 Å². The molecule has 0 aliphatic heterocycles. The summed E-state index contributed by atoms with van der Waals surface area (Å²) >= 11 is 0. The molecule has 0 heterocycles. The number of rotatable bonds is 10. The van der Waals surface area contributed by atoms with Crippen LogP contribution in [0, 0.1) is 0 Å². The largest absolute Gasteiger partial charge is 0.468 e. The molecule has 0 aromatic heterocycles. The zero-order valence-corrected chi connectivity index (χ0v) is 11.3. The topological polar surface area (TPSA) is 56.8 Å². The van der Waals surface area contributed by atoms with E-state index >= 15 is 0 Å². The van der Waals surface area contributed by atoms with Crippen LogP contribution < -0.4 is 5.32 Å². The molecule has 0 amide bonds. The third kappa shape index (κ3) is 8.12. The monoisotopic (exact) mass is 247 g/mol. The van der Waals surface area contributed by atoms with Gasteiger partial charge in [0.2, 0.25) is 0 Å². The van der Waals surface area contributed by atoms with Crippen LogP contribution >= 0.6 is 0 Å². The summed E-state index contributed by atoms with van der Waals surface area (Å²) in [5.41, 5.74) is 0. The zero-order chi connectivity index (χ0) is 13.1. The number of carbonyl (C=O) groups excluding carboxylic acids is 1. The number of hydrogen-bond acceptors (Lipinski definition) is 5. The van der Waals surface area contributed by atoms with Gasteiger partial charge in [-0.25, -0.2) is 0 Å². The van der Waals surface area contributed by atoms with E-state index in [1.807, 2.05) is 20.8 Å². The Hall–Kier alpha value is -0.650. The Morgan fingerprint density at radius 3 is 2.53 bits per heavy atom. The van der Waals surface area contributed by atoms with Gasteiger partial charge in [-0.15, -0.1) is 0 Å². The lowest BCUT2D eigenvalue weighted by molar-refractivity contribution is -0.145. The maximum absolute atomic E-state index is 11.4. The number of nitrogens with one attached hydrogen (secondary N) is 1. The molecule has 5 heteroatoms. The fourth-order valence-electron chi connectivity index (χ4n) is 1.26. The summed E-state index contributed by atoms with van der Waals surface area (Å²) in [7, 11) is 1.38. The average molecular weight is 247 g/mol. The molecule has 1 N–H and O–H groups in total. The highest BCUT2D eigenvalue weighted by Gasteiger charge is 2.19. The number of hydrogen-bond donors (Lipinski definition) is 1. The van der Waals surface area contributed by atoms with Gasteiger partial charge in [0, 0.05) is 6.61 Å². The Morgan fingerprint density at radius 1 is 1.29 bits per heavy atom. The van der Waals surface area contributed by atoms with E-state index < -0.39 is 6.04 Å². The average Bonchev–Trinajstić information content (AvgIpc) is 2.35. The van der Waals surface area contributed by atoms with Crippen molar-refractivity contribution in [2.24, 2.45) is 0 Å². The van der Waals surface area contributed by atoms with E-state index in [0.717, 1.165) is 13.0 Å². The van der Waals surface area contributed by atoms with Crippen LogP contribution in [-0.4, -0.2) is 51.6 Å². The van der Waals surface area contributed by atoms with E-state index in [0.29, 0.717) is 19.8 Å². The summed E-state index contributed by atoms with van der Waals surface area (Å²) < 4.78 is 15.5. The molecule has 102 valence electrons. The van der Waals surface area contributed by atoms with Gasteiger partial charge in [0.15, 0.2) is 0 Å². The van der Waals surface area contributed by atoms with Crippen molar-refractivity contribution in [1.29, 1.82) is 0 Å². The van der Waals surface area contributed by atoms with Crippen LogP contribution in [0.3, 0.4) is 0 Å². The van der Waals surface area contributed by atoms with E-state index in [9.17, 15) is 4.79 Å². The lowest BCUT2D eigenvalue weighted by atomic mass is 10.3. The second kappa shape index (κ2) is 10.5. The molecule has 0 aliphatic rings. The van der Waals surface area contributed by atoms with Gasteiger partial charge in [0.1, 0.15) is 6.04 Å². The molecule has 2 atom stereocenters. The minimum atomic E-state index is -0.399. The molecule has 0 aromatic rings. The minimum Gasteiger partial charge on any atom is -0.468 e. The van der Waals surface area contributed by atoms with Crippen molar-refractivity contribution in [3.8, 4) is 0 Å². The Labute approximate surface area is 104 Å². The molecule has 0 aromatic carbocycles. The molecule has 5 nitrogen and oxygen atoms in total. The van der Waals surface area contributed by atoms with Gasteiger partial charge in [-0.05, 0) is 26.8 Å². The lowest BCUT2D eigenvalue weighted by Gasteiger charge is -2.19. The molecule has 0 saturated heterocycles. The number of esters is 1. The first-order valence-corrected chi connectivity index (χ1v) is 6.16. The predicted molar refractivity (Wildman–Crippen MR) is 66.0 cm³/mol. The number of methoxy groups -OCH3 is 1. The highest BCUT2D eigenvalue weighted by molar-refractivity contribution is 5.75. The minimum absolute atomic E-state index is 0.0227. The molecule has 0 bridgehead atoms. The van der Waals surface area contributed by atoms with Gasteiger partial charge in [-0.3, -0.25) is 4.79 Å². The fourth-order valence-corrected chi connectivity index (χ4v) is 1.26. The molecule has 0 spiro atoms. The second-order valence-electron chi connectivity index (χ2n) is 3.83. The van der Waals surface area contributed by atoms with Crippen LogP contribution in [0.1, 0.15) is 27.2 Å². The number of ether oxygens (including phenoxy) is 3. The fraction of sp³-hybridized carbons (Fsp3) is 0.917. The molecular weight excluding hydrogens is 222 g/mol. The summed E-state index contributed by atoms with van der Waals surface area (Å²) in [6.07, 6.45) is 0.938. The molecule has 0 rings (SSSR count). The predicted octanol–water partition coefficient (Wildman–Crippen LogP) is 0.969. The summed E-state index contributed by atoms with van der Waals surface area (Å²) in [5, 5.41) is 3.09. The second-order valence-corrected chi connectivity index (χ2v) is 3.83. The Balaban J connectivity index is 3.93. The van der Waals surface area contributed by atoms with E-state index in [-0.39, 0.29) is 12.1 Å². The highest BCUT2D eigenvalue weighted by atomic mass is 16.5. The molecule has 0 radical (unpaired) electrons. The van der Waals surface area contributed by atoms with Crippen molar-refractivity contribution in [3.63, 3.8) is 0 Å². The summed E-state index contributed by atoms with van der Waals surface area (Å²) in [6, 6.07) is -0.399. The molecule has 0 aliphatic carbocycles. The quantitative estimate of drug-likeness (QED) is 0.583. The maximum atomic E-state index is 11.4. The van der Waals surface area contributed by atoms with Crippen LogP contribution in [0.5, 0.6) is 0 Å². The first kappa shape index (κ1) is 16.4. The Kier molecular flexibility index (Phi) is 10.1. The van der Waals surface area contributed by atoms with Crippen molar-refractivity contribution in [3.05, 3.63) is 0 Å². The molecule has 0 saturated carbocycles. The van der Waals surface area contributed by atoms with E-state index in [4.69, 9.17) is 14.2 Å². The SMILES string of the molecule is CCCNC(COC(C)COCC)C(=O)OC. The van der Waals surface area contributed by atoms with Crippen LogP contribution in [-0.2, 0) is 19.0 Å². The third-order valence-electron chi connectivity index (χ3n) is 2.23. The summed E-state index contributed by atoms with van der Waals surface area (Å²) in [6.45, 7) is 8.18. The smallest absolute Gasteiger partial charge is 0.325 e. The van der Waals surface area contributed by atoms with Gasteiger partial charge in [0.05, 0.1) is 26.4 Å². The molecule has 2 unspecified atom stereocenters. The first-order valence-electron chi connectivity index (χ1n) is 6.16. The molecular formula is C12H25NO4. The maximum Gasteiger partial charge on any atom is 0.325 e. The summed E-state index contributed by atoms with van der Waals surface area (Å²) in [4.78, 5) is 11.4. The van der Waals surface area contributed by atoms with Crippen LogP contribution in [0.15, 0.2) is 0 Å². The standard InChI is InChI=1S/C12H25NO4/c1-5-7-13-11(12(14)15-4)9-17-10(3)8-16-6-2/h10-11,13H,5-9H2,1-4H3. The first-order chi connectivity index (χ1) is 8.15. The van der Waals surface area contributed by atoms with Gasteiger partial charge in [-0.2, -0.15) is 0 Å². The normalized spacial score (nSPS) is 14.4. The Bertz CT molecular complexity index is 199. The Morgan fingerprint density at radius 2 is 2.00 bits per heavy atom. The van der Waals surface area contributed by atoms with Gasteiger partial charge in [-0.1, -0.05) is 6.92 Å². The van der Waals surface area contributed by atoms with Gasteiger partial charge < -0.3 is 19.5 Å². The van der Waals surface area contributed by atoms with E-state index in [1.165, 1.54) is 7.11 Å². The van der Waals surface area contributed by atoms with Gasteiger partial charge in [0.25, 0.3) is 0 Å². The molecule has 0 fully saturated rings. The van der Waals surface area contributed by atoms with E-state index in [2.05, 4.69) is 5.32 Å². The highest BCUT2D eigenvalue weighted by Crippen LogP contribution is 1.97. The van der Waals surface area contributed by atoms with Crippen molar-refractivity contribution in [1.82, 2.24) is 5.32 Å². The van der Waals surface area contributed by atoms with Crippen molar-refractivity contribution in [2.45, 2.75) is 39.3 Å². The lowest BCUT2D eigenvalue weighted by Crippen LogP contribution is -2.42. The zero-order valence-electron chi connectivity index (χ0n) is 11.3. The van der Waals surface area contributed by atoms with Crippen molar-refractivity contribution >= 4 is 5.97 Å². The van der Waals surface area contributed by atoms with Crippen LogP contribution in [0.4, 0.5) is 0 Å². The van der Waals surface area contributed by atoms with Crippen LogP contribution in [0.25, 0.3) is 0 Å². The third-order valence-corrected chi connectivity index (χ3v) is 2.23. The number of carbonyl (C=O) groups is 1. The molecule has 17 heavy (non-hydrogen) atoms. The van der Waals surface area contributed by atoms with Crippen molar-refractivity contribution < 1.29 is 19.0 Å². The van der Waals surface area contributed by atoms with Gasteiger partial charge >= 0.3 is 5.97 Å². The van der Waals surface area contributed by atoms with Crippen LogP contribution in [0.2, 0.25) is 0 Å². The van der Waals surface area contributed by atoms with E-state index in [1.54, 1.807) is 0 Å².